The summed E-state index contributed by atoms with van der Waals surface area (Å²) in [5, 5.41) is 3.35. The standard InChI is InChI=1S/C11H13BrClNO2/c1-2-16-6-5-11(15)14-10-7-8(13)3-4-9(10)12/h3-4,7H,2,5-6H2,1H3,(H,14,15). The highest BCUT2D eigenvalue weighted by atomic mass is 79.9. The zero-order valence-electron chi connectivity index (χ0n) is 8.93. The average molecular weight is 307 g/mol. The summed E-state index contributed by atoms with van der Waals surface area (Å²) in [5.41, 5.74) is 0.675. The highest BCUT2D eigenvalue weighted by Crippen LogP contribution is 2.25. The Morgan fingerprint density at radius 3 is 3.00 bits per heavy atom. The highest BCUT2D eigenvalue weighted by Gasteiger charge is 2.05. The minimum atomic E-state index is -0.0867. The maximum Gasteiger partial charge on any atom is 0.226 e. The fraction of sp³-hybridized carbons (Fsp3) is 0.364. The van der Waals surface area contributed by atoms with Crippen LogP contribution in [-0.4, -0.2) is 19.1 Å². The summed E-state index contributed by atoms with van der Waals surface area (Å²) in [4.78, 5) is 11.5. The molecule has 0 saturated carbocycles. The second kappa shape index (κ2) is 6.89. The maximum atomic E-state index is 11.5. The molecule has 0 atom stereocenters. The summed E-state index contributed by atoms with van der Waals surface area (Å²) in [6, 6.07) is 5.24. The molecule has 0 fully saturated rings. The molecule has 16 heavy (non-hydrogen) atoms. The predicted molar refractivity (Wildman–Crippen MR) is 68.9 cm³/mol. The normalized spacial score (nSPS) is 10.2. The van der Waals surface area contributed by atoms with Crippen molar-refractivity contribution in [3.05, 3.63) is 27.7 Å². The Hall–Kier alpha value is -0.580. The number of hydrogen-bond acceptors (Lipinski definition) is 2. The summed E-state index contributed by atoms with van der Waals surface area (Å²) in [5.74, 6) is -0.0867. The molecule has 0 spiro atoms. The van der Waals surface area contributed by atoms with Crippen LogP contribution in [0.2, 0.25) is 5.02 Å². The van der Waals surface area contributed by atoms with Crippen LogP contribution in [0, 0.1) is 0 Å². The molecule has 1 aromatic rings. The van der Waals surface area contributed by atoms with Gasteiger partial charge < -0.3 is 10.1 Å². The molecule has 0 aliphatic heterocycles. The molecule has 0 heterocycles. The first kappa shape index (κ1) is 13.5. The number of amides is 1. The van der Waals surface area contributed by atoms with Gasteiger partial charge in [-0.25, -0.2) is 0 Å². The molecule has 88 valence electrons. The van der Waals surface area contributed by atoms with Crippen molar-refractivity contribution in [3.8, 4) is 0 Å². The van der Waals surface area contributed by atoms with Gasteiger partial charge in [-0.3, -0.25) is 4.79 Å². The number of rotatable bonds is 5. The first-order chi connectivity index (χ1) is 7.63. The lowest BCUT2D eigenvalue weighted by Crippen LogP contribution is -2.14. The van der Waals surface area contributed by atoms with Crippen LogP contribution in [-0.2, 0) is 9.53 Å². The van der Waals surface area contributed by atoms with E-state index in [-0.39, 0.29) is 5.91 Å². The van der Waals surface area contributed by atoms with E-state index in [1.54, 1.807) is 18.2 Å². The second-order valence-electron chi connectivity index (χ2n) is 3.12. The van der Waals surface area contributed by atoms with E-state index in [1.165, 1.54) is 0 Å². The van der Waals surface area contributed by atoms with Gasteiger partial charge in [0.15, 0.2) is 0 Å². The van der Waals surface area contributed by atoms with Gasteiger partial charge in [-0.15, -0.1) is 0 Å². The number of hydrogen-bond donors (Lipinski definition) is 1. The topological polar surface area (TPSA) is 38.3 Å². The largest absolute Gasteiger partial charge is 0.381 e. The Morgan fingerprint density at radius 1 is 1.56 bits per heavy atom. The minimum absolute atomic E-state index is 0.0867. The monoisotopic (exact) mass is 305 g/mol. The van der Waals surface area contributed by atoms with Crippen molar-refractivity contribution in [1.82, 2.24) is 0 Å². The van der Waals surface area contributed by atoms with Gasteiger partial charge in [-0.1, -0.05) is 11.6 Å². The van der Waals surface area contributed by atoms with Gasteiger partial charge in [0, 0.05) is 16.1 Å². The summed E-state index contributed by atoms with van der Waals surface area (Å²) in [7, 11) is 0. The summed E-state index contributed by atoms with van der Waals surface area (Å²) in [6.45, 7) is 2.94. The molecule has 1 amide bonds. The third kappa shape index (κ3) is 4.51. The van der Waals surface area contributed by atoms with E-state index in [0.29, 0.717) is 30.3 Å². The highest BCUT2D eigenvalue weighted by molar-refractivity contribution is 9.10. The first-order valence-electron chi connectivity index (χ1n) is 4.96. The van der Waals surface area contributed by atoms with Crippen molar-refractivity contribution < 1.29 is 9.53 Å². The molecule has 3 nitrogen and oxygen atoms in total. The van der Waals surface area contributed by atoms with Crippen LogP contribution in [0.3, 0.4) is 0 Å². The Kier molecular flexibility index (Phi) is 5.80. The number of ether oxygens (including phenoxy) is 1. The third-order valence-corrected chi connectivity index (χ3v) is 2.81. The van der Waals surface area contributed by atoms with Crippen molar-refractivity contribution >= 4 is 39.1 Å². The number of anilines is 1. The summed E-state index contributed by atoms with van der Waals surface area (Å²) < 4.78 is 5.90. The first-order valence-corrected chi connectivity index (χ1v) is 6.13. The van der Waals surface area contributed by atoms with E-state index in [0.717, 1.165) is 4.47 Å². The van der Waals surface area contributed by atoms with E-state index in [1.807, 2.05) is 6.92 Å². The number of halogens is 2. The fourth-order valence-electron chi connectivity index (χ4n) is 1.12. The lowest BCUT2D eigenvalue weighted by atomic mass is 10.3. The van der Waals surface area contributed by atoms with Crippen LogP contribution in [0.4, 0.5) is 5.69 Å². The van der Waals surface area contributed by atoms with Crippen molar-refractivity contribution in [2.75, 3.05) is 18.5 Å². The molecule has 1 aromatic carbocycles. The molecule has 0 aromatic heterocycles. The van der Waals surface area contributed by atoms with Crippen LogP contribution in [0.5, 0.6) is 0 Å². The average Bonchev–Trinajstić information content (AvgIpc) is 2.24. The third-order valence-electron chi connectivity index (χ3n) is 1.88. The van der Waals surface area contributed by atoms with Gasteiger partial charge in [0.2, 0.25) is 5.91 Å². The molecule has 1 rings (SSSR count). The molecular weight excluding hydrogens is 293 g/mol. The Balaban J connectivity index is 2.52. The van der Waals surface area contributed by atoms with Crippen molar-refractivity contribution in [2.45, 2.75) is 13.3 Å². The van der Waals surface area contributed by atoms with Crippen molar-refractivity contribution in [2.24, 2.45) is 0 Å². The van der Waals surface area contributed by atoms with Gasteiger partial charge in [0.25, 0.3) is 0 Å². The van der Waals surface area contributed by atoms with E-state index in [9.17, 15) is 4.79 Å². The van der Waals surface area contributed by atoms with E-state index >= 15 is 0 Å². The second-order valence-corrected chi connectivity index (χ2v) is 4.41. The molecule has 0 saturated heterocycles. The molecule has 0 unspecified atom stereocenters. The zero-order valence-corrected chi connectivity index (χ0v) is 11.3. The molecule has 5 heteroatoms. The van der Waals surface area contributed by atoms with Gasteiger partial charge in [-0.2, -0.15) is 0 Å². The lowest BCUT2D eigenvalue weighted by Gasteiger charge is -2.07. The van der Waals surface area contributed by atoms with Gasteiger partial charge in [-0.05, 0) is 41.1 Å². The van der Waals surface area contributed by atoms with E-state index in [2.05, 4.69) is 21.2 Å². The number of carbonyl (C=O) groups excluding carboxylic acids is 1. The van der Waals surface area contributed by atoms with E-state index < -0.39 is 0 Å². The maximum absolute atomic E-state index is 11.5. The number of nitrogens with one attached hydrogen (secondary N) is 1. The van der Waals surface area contributed by atoms with Gasteiger partial charge >= 0.3 is 0 Å². The van der Waals surface area contributed by atoms with Crippen molar-refractivity contribution in [3.63, 3.8) is 0 Å². The Labute approximate surface area is 108 Å². The van der Waals surface area contributed by atoms with Crippen LogP contribution in [0.15, 0.2) is 22.7 Å². The van der Waals surface area contributed by atoms with E-state index in [4.69, 9.17) is 16.3 Å². The molecule has 0 bridgehead atoms. The lowest BCUT2D eigenvalue weighted by molar-refractivity contribution is -0.117. The quantitative estimate of drug-likeness (QED) is 0.846. The molecule has 1 N–H and O–H groups in total. The SMILES string of the molecule is CCOCCC(=O)Nc1cc(Cl)ccc1Br. The molecule has 0 aliphatic rings. The molecule has 0 aliphatic carbocycles. The summed E-state index contributed by atoms with van der Waals surface area (Å²) in [6.07, 6.45) is 0.340. The Morgan fingerprint density at radius 2 is 2.31 bits per heavy atom. The van der Waals surface area contributed by atoms with Crippen LogP contribution >= 0.6 is 27.5 Å². The Bertz CT molecular complexity index is 371. The number of carbonyl (C=O) groups is 1. The van der Waals surface area contributed by atoms with Crippen LogP contribution in [0.25, 0.3) is 0 Å². The zero-order chi connectivity index (χ0) is 12.0. The predicted octanol–water partition coefficient (Wildman–Crippen LogP) is 3.47. The molecular formula is C11H13BrClNO2. The van der Waals surface area contributed by atoms with Gasteiger partial charge in [0.1, 0.15) is 0 Å². The van der Waals surface area contributed by atoms with Crippen LogP contribution < -0.4 is 5.32 Å². The van der Waals surface area contributed by atoms with Crippen LogP contribution in [0.1, 0.15) is 13.3 Å². The smallest absolute Gasteiger partial charge is 0.226 e. The molecule has 0 radical (unpaired) electrons. The van der Waals surface area contributed by atoms with Gasteiger partial charge in [0.05, 0.1) is 18.7 Å². The summed E-state index contributed by atoms with van der Waals surface area (Å²) >= 11 is 9.17. The fourth-order valence-corrected chi connectivity index (χ4v) is 1.63. The van der Waals surface area contributed by atoms with Crippen molar-refractivity contribution in [1.29, 1.82) is 0 Å². The number of benzene rings is 1. The minimum Gasteiger partial charge on any atom is -0.381 e.